The third-order valence-corrected chi connectivity index (χ3v) is 12.6. The van der Waals surface area contributed by atoms with Gasteiger partial charge in [0, 0.05) is 64.8 Å². The van der Waals surface area contributed by atoms with E-state index in [1.165, 1.54) is 0 Å². The quantitative estimate of drug-likeness (QED) is 0.175. The van der Waals surface area contributed by atoms with Crippen LogP contribution in [0.4, 0.5) is 0 Å². The molecule has 0 fully saturated rings. The van der Waals surface area contributed by atoms with Crippen LogP contribution in [0, 0.1) is 48.1 Å². The zero-order chi connectivity index (χ0) is 34.1. The summed E-state index contributed by atoms with van der Waals surface area (Å²) < 4.78 is 21.0. The number of rotatable bonds is 4. The number of carbonyl (C=O) groups is 2. The van der Waals surface area contributed by atoms with Crippen molar-refractivity contribution in [2.75, 3.05) is 0 Å². The Kier molecular flexibility index (Phi) is 11.1. The maximum absolute atomic E-state index is 12.8. The maximum Gasteiger partial charge on any atom is 1.00 e. The van der Waals surface area contributed by atoms with E-state index >= 15 is 0 Å². The van der Waals surface area contributed by atoms with Gasteiger partial charge in [-0.1, -0.05) is 47.0 Å². The molecule has 2 aromatic rings. The number of fused-ring (bicyclic) bond motifs is 4. The van der Waals surface area contributed by atoms with E-state index in [9.17, 15) is 40.2 Å². The van der Waals surface area contributed by atoms with Crippen molar-refractivity contribution < 1.29 is 118 Å². The first kappa shape index (κ1) is 39.2. The third-order valence-electron chi connectivity index (χ3n) is 6.85. The van der Waals surface area contributed by atoms with Gasteiger partial charge >= 0.3 is 59.1 Å². The molecule has 0 spiro atoms. The SMILES string of the molecule is CC1(C)Oc2c(Cc3c4c(c(C(=O)[O-])c5c3SC(C#CO)(C#CO)S5)SC(C#CO)(C#CO)S4)c3c(c(C(=O)[O-])c2O1)OC(C)(C)O3.[Na+].[Na+]. The topological polar surface area (TPSA) is 198 Å². The Morgan fingerprint density at radius 3 is 1.22 bits per heavy atom. The van der Waals surface area contributed by atoms with Crippen LogP contribution in [0.3, 0.4) is 0 Å². The van der Waals surface area contributed by atoms with Crippen molar-refractivity contribution in [1.82, 2.24) is 0 Å². The number of hydrogen-bond donors (Lipinski definition) is 4. The molecule has 0 saturated heterocycles. The fraction of sp³-hybridized carbons (Fsp3) is 0.290. The van der Waals surface area contributed by atoms with Crippen LogP contribution in [0.1, 0.15) is 59.5 Å². The predicted molar refractivity (Wildman–Crippen MR) is 163 cm³/mol. The second-order valence-corrected chi connectivity index (χ2v) is 16.3. The molecule has 0 aliphatic carbocycles. The molecular weight excluding hydrogens is 739 g/mol. The molecule has 0 aromatic heterocycles. The largest absolute Gasteiger partial charge is 1.00 e. The zero-order valence-electron chi connectivity index (χ0n) is 26.4. The second kappa shape index (κ2) is 13.9. The number of ether oxygens (including phenoxy) is 4. The molecule has 12 nitrogen and oxygen atoms in total. The maximum atomic E-state index is 12.8. The first-order chi connectivity index (χ1) is 22.1. The summed E-state index contributed by atoms with van der Waals surface area (Å²) >= 11 is 3.57. The predicted octanol–water partition coefficient (Wildman–Crippen LogP) is -3.85. The second-order valence-electron chi connectivity index (χ2n) is 10.9. The monoisotopic (exact) mass is 756 g/mol. The van der Waals surface area contributed by atoms with Gasteiger partial charge in [-0.2, -0.15) is 0 Å². The van der Waals surface area contributed by atoms with Crippen LogP contribution < -0.4 is 88.3 Å². The smallest absolute Gasteiger partial charge is 0.545 e. The molecular formula is C31H18Na2O12S4. The molecule has 4 aliphatic rings. The molecule has 0 radical (unpaired) electrons. The Labute approximate surface area is 340 Å². The van der Waals surface area contributed by atoms with Crippen LogP contribution in [0.25, 0.3) is 0 Å². The molecule has 0 atom stereocenters. The third kappa shape index (κ3) is 6.66. The van der Waals surface area contributed by atoms with Crippen LogP contribution in [-0.2, 0) is 6.42 Å². The minimum atomic E-state index is -1.60. The average Bonchev–Trinajstić information content (AvgIpc) is 3.68. The Morgan fingerprint density at radius 2 is 0.898 bits per heavy atom. The van der Waals surface area contributed by atoms with E-state index in [1.807, 2.05) is 0 Å². The molecule has 4 aliphatic heterocycles. The summed E-state index contributed by atoms with van der Waals surface area (Å²) in [6.45, 7) is 6.28. The molecule has 6 rings (SSSR count). The van der Waals surface area contributed by atoms with Gasteiger partial charge in [-0.25, -0.2) is 0 Å². The van der Waals surface area contributed by atoms with Crippen molar-refractivity contribution >= 4 is 59.0 Å². The molecule has 0 saturated carbocycles. The molecule has 4 heterocycles. The fourth-order valence-electron chi connectivity index (χ4n) is 5.31. The van der Waals surface area contributed by atoms with Gasteiger partial charge in [0.15, 0.2) is 31.2 Å². The number of carboxylic acid groups (broad SMARTS) is 2. The number of benzene rings is 2. The number of carboxylic acids is 2. The van der Waals surface area contributed by atoms with Crippen molar-refractivity contribution in [2.24, 2.45) is 0 Å². The minimum absolute atomic E-state index is 0. The normalized spacial score (nSPS) is 17.7. The van der Waals surface area contributed by atoms with Crippen molar-refractivity contribution in [3.05, 3.63) is 22.3 Å². The number of carbonyl (C=O) groups excluding carboxylic acids is 2. The standard InChI is InChI=1S/C31H20O12S4.2Na/c1-28(2)40-18-14(19-21(43-29(3,4)41-19)16(26(36)37)20(18)42-28)13-15-22-24(46-30(44-22,5-9-32)6-10-33)17(27(38)39)25-23(15)45-31(47-25,7-11-34)8-12-35;;/h32-35H,13H2,1-4H3,(H,36,37)(H,38,39);;/q;2*+1/p-2. The van der Waals surface area contributed by atoms with Crippen LogP contribution in [-0.4, -0.2) is 52.1 Å². The van der Waals surface area contributed by atoms with E-state index in [2.05, 4.69) is 23.7 Å². The van der Waals surface area contributed by atoms with E-state index < -0.39 is 37.2 Å². The zero-order valence-corrected chi connectivity index (χ0v) is 33.7. The number of aliphatic hydroxyl groups excluding tert-OH is 4. The van der Waals surface area contributed by atoms with Crippen molar-refractivity contribution in [3.8, 4) is 71.1 Å². The number of thioether (sulfide) groups is 4. The average molecular weight is 757 g/mol. The summed E-state index contributed by atoms with van der Waals surface area (Å²) in [5.74, 6) is 3.94. The summed E-state index contributed by atoms with van der Waals surface area (Å²) in [5.41, 5.74) is -0.0278. The van der Waals surface area contributed by atoms with Gasteiger partial charge in [0.1, 0.15) is 24.4 Å². The molecule has 4 N–H and O–H groups in total. The summed E-state index contributed by atoms with van der Waals surface area (Å²) in [4.78, 5) is 26.0. The molecule has 49 heavy (non-hydrogen) atoms. The molecule has 0 bridgehead atoms. The van der Waals surface area contributed by atoms with E-state index in [0.717, 1.165) is 47.0 Å². The van der Waals surface area contributed by atoms with Gasteiger partial charge in [0.25, 0.3) is 0 Å². The van der Waals surface area contributed by atoms with Gasteiger partial charge in [-0.3, -0.25) is 0 Å². The Morgan fingerprint density at radius 1 is 0.571 bits per heavy atom. The summed E-state index contributed by atoms with van der Waals surface area (Å²) in [6, 6.07) is 0. The van der Waals surface area contributed by atoms with E-state index in [1.54, 1.807) is 52.1 Å². The van der Waals surface area contributed by atoms with Gasteiger partial charge in [0.05, 0.1) is 17.5 Å². The summed E-state index contributed by atoms with van der Waals surface area (Å²) in [6.07, 6.45) is 7.02. The molecule has 0 amide bonds. The van der Waals surface area contributed by atoms with E-state index in [4.69, 9.17) is 18.9 Å². The van der Waals surface area contributed by atoms with Gasteiger partial charge in [-0.15, -0.1) is 0 Å². The Bertz CT molecular complexity index is 1920. The Hall–Kier alpha value is -2.58. The van der Waals surface area contributed by atoms with Crippen molar-refractivity contribution in [1.29, 1.82) is 0 Å². The van der Waals surface area contributed by atoms with Crippen molar-refractivity contribution in [2.45, 2.75) is 73.4 Å². The summed E-state index contributed by atoms with van der Waals surface area (Å²) in [5, 5.41) is 63.4. The van der Waals surface area contributed by atoms with Gasteiger partial charge in [-0.05, 0) is 29.2 Å². The molecule has 2 aromatic carbocycles. The number of hydrogen-bond acceptors (Lipinski definition) is 16. The first-order valence-electron chi connectivity index (χ1n) is 13.2. The summed E-state index contributed by atoms with van der Waals surface area (Å²) in [7, 11) is 0. The van der Waals surface area contributed by atoms with E-state index in [-0.39, 0.29) is 109 Å². The van der Waals surface area contributed by atoms with Crippen LogP contribution in [0.5, 0.6) is 23.0 Å². The Balaban J connectivity index is 0.00000270. The van der Waals surface area contributed by atoms with Crippen LogP contribution >= 0.6 is 47.0 Å². The van der Waals surface area contributed by atoms with E-state index in [0.29, 0.717) is 15.4 Å². The fourth-order valence-corrected chi connectivity index (χ4v) is 11.2. The van der Waals surface area contributed by atoms with Crippen LogP contribution in [0.2, 0.25) is 0 Å². The van der Waals surface area contributed by atoms with Gasteiger partial charge in [0.2, 0.25) is 11.6 Å². The number of aliphatic hydroxyl groups is 4. The van der Waals surface area contributed by atoms with Gasteiger partial charge < -0.3 is 59.2 Å². The van der Waals surface area contributed by atoms with Crippen molar-refractivity contribution in [3.63, 3.8) is 0 Å². The molecule has 18 heteroatoms. The molecule has 240 valence electrons. The minimum Gasteiger partial charge on any atom is -0.545 e. The number of aromatic carboxylic acids is 2. The van der Waals surface area contributed by atoms with Crippen LogP contribution in [0.15, 0.2) is 19.6 Å². The first-order valence-corrected chi connectivity index (χ1v) is 16.5. The molecule has 0 unspecified atom stereocenters.